The highest BCUT2D eigenvalue weighted by molar-refractivity contribution is 7.91. The van der Waals surface area contributed by atoms with Crippen molar-refractivity contribution >= 4 is 9.84 Å². The summed E-state index contributed by atoms with van der Waals surface area (Å²) >= 11 is 0. The minimum atomic E-state index is -3.51. The second kappa shape index (κ2) is 17.9. The zero-order valence-electron chi connectivity index (χ0n) is 20.8. The summed E-state index contributed by atoms with van der Waals surface area (Å²) < 4.78 is 35.4. The van der Waals surface area contributed by atoms with Gasteiger partial charge in [-0.2, -0.15) is 0 Å². The summed E-state index contributed by atoms with van der Waals surface area (Å²) in [6.07, 6.45) is 4.81. The Bertz CT molecular complexity index is 1070. The van der Waals surface area contributed by atoms with E-state index in [9.17, 15) is 8.42 Å². The lowest BCUT2D eigenvalue weighted by Gasteiger charge is -2.08. The number of rotatable bonds is 7. The zero-order chi connectivity index (χ0) is 25.8. The predicted molar refractivity (Wildman–Crippen MR) is 143 cm³/mol. The molecule has 0 fully saturated rings. The molecule has 3 aromatic carbocycles. The van der Waals surface area contributed by atoms with Gasteiger partial charge in [0.05, 0.1) is 16.9 Å². The van der Waals surface area contributed by atoms with Gasteiger partial charge in [-0.05, 0) is 60.7 Å². The monoisotopic (exact) mass is 480 g/mol. The summed E-state index contributed by atoms with van der Waals surface area (Å²) in [5.41, 5.74) is 0. The summed E-state index contributed by atoms with van der Waals surface area (Å²) in [4.78, 5) is 0.487. The van der Waals surface area contributed by atoms with E-state index in [1.165, 1.54) is 12.1 Å². The van der Waals surface area contributed by atoms with Crippen molar-refractivity contribution in [3.63, 3.8) is 0 Å². The van der Waals surface area contributed by atoms with Crippen molar-refractivity contribution < 1.29 is 17.9 Å². The lowest BCUT2D eigenvalue weighted by molar-refractivity contribution is 0.415. The molecule has 0 heterocycles. The molecule has 0 saturated heterocycles. The Balaban J connectivity index is 0.000000755. The van der Waals surface area contributed by atoms with Gasteiger partial charge >= 0.3 is 0 Å². The summed E-state index contributed by atoms with van der Waals surface area (Å²) in [6.45, 7) is 15.2. The Morgan fingerprint density at radius 1 is 0.706 bits per heavy atom. The van der Waals surface area contributed by atoms with E-state index < -0.39 is 9.84 Å². The van der Waals surface area contributed by atoms with Crippen molar-refractivity contribution in [3.05, 3.63) is 122 Å². The third-order valence-corrected chi connectivity index (χ3v) is 5.67. The van der Waals surface area contributed by atoms with Crippen LogP contribution in [0.1, 0.15) is 27.7 Å². The number of methoxy groups -OCH3 is 1. The minimum Gasteiger partial charge on any atom is -0.497 e. The molecule has 0 aliphatic rings. The number of allylic oxidation sites excluding steroid dienone is 3. The van der Waals surface area contributed by atoms with Crippen LogP contribution in [-0.2, 0) is 9.84 Å². The van der Waals surface area contributed by atoms with E-state index in [0.29, 0.717) is 11.5 Å². The van der Waals surface area contributed by atoms with Gasteiger partial charge in [-0.15, -0.1) is 0 Å². The second-order valence-electron chi connectivity index (χ2n) is 5.92. The first-order valence-corrected chi connectivity index (χ1v) is 12.6. The fraction of sp³-hybridized carbons (Fsp3) is 0.172. The molecular formula is C29H36O4S. The smallest absolute Gasteiger partial charge is 0.206 e. The molecule has 0 spiro atoms. The van der Waals surface area contributed by atoms with E-state index in [4.69, 9.17) is 9.47 Å². The largest absolute Gasteiger partial charge is 0.497 e. The highest BCUT2D eigenvalue weighted by Gasteiger charge is 2.16. The summed E-state index contributed by atoms with van der Waals surface area (Å²) in [6, 6.07) is 24.2. The molecule has 182 valence electrons. The molecule has 0 bridgehead atoms. The molecular weight excluding hydrogens is 444 g/mol. The van der Waals surface area contributed by atoms with Gasteiger partial charge in [0.2, 0.25) is 9.84 Å². The molecule has 0 atom stereocenters. The first kappa shape index (κ1) is 30.4. The third-order valence-electron chi connectivity index (χ3n) is 3.89. The van der Waals surface area contributed by atoms with Crippen LogP contribution in [0.2, 0.25) is 0 Å². The second-order valence-corrected chi connectivity index (χ2v) is 7.87. The van der Waals surface area contributed by atoms with Gasteiger partial charge < -0.3 is 9.47 Å². The molecule has 3 rings (SSSR count). The van der Waals surface area contributed by atoms with Gasteiger partial charge in [-0.1, -0.05) is 83.3 Å². The number of ether oxygens (including phenoxy) is 2. The highest BCUT2D eigenvalue weighted by atomic mass is 32.2. The predicted octanol–water partition coefficient (Wildman–Crippen LogP) is 7.90. The van der Waals surface area contributed by atoms with Gasteiger partial charge in [0.15, 0.2) is 0 Å². The molecule has 34 heavy (non-hydrogen) atoms. The van der Waals surface area contributed by atoms with Gasteiger partial charge in [-0.3, -0.25) is 0 Å². The molecule has 3 aromatic rings. The molecule has 5 heteroatoms. The number of hydrogen-bond donors (Lipinski definition) is 0. The van der Waals surface area contributed by atoms with Gasteiger partial charge in [0, 0.05) is 0 Å². The van der Waals surface area contributed by atoms with Crippen LogP contribution in [0.15, 0.2) is 132 Å². The highest BCUT2D eigenvalue weighted by Crippen LogP contribution is 2.23. The Hall–Kier alpha value is -3.57. The molecule has 0 saturated carbocycles. The van der Waals surface area contributed by atoms with Crippen LogP contribution in [0.4, 0.5) is 0 Å². The average Bonchev–Trinajstić information content (AvgIpc) is 2.92. The minimum absolute atomic E-state index is 0.221. The number of sulfone groups is 1. The van der Waals surface area contributed by atoms with Crippen LogP contribution in [0.3, 0.4) is 0 Å². The number of para-hydroxylation sites is 1. The Labute approximate surface area is 205 Å². The van der Waals surface area contributed by atoms with Gasteiger partial charge in [-0.25, -0.2) is 8.42 Å². The van der Waals surface area contributed by atoms with Gasteiger partial charge in [0.25, 0.3) is 0 Å². The maximum atomic E-state index is 12.4. The number of hydrogen-bond acceptors (Lipinski definition) is 4. The maximum absolute atomic E-state index is 12.4. The van der Waals surface area contributed by atoms with Crippen molar-refractivity contribution in [2.75, 3.05) is 7.11 Å². The molecule has 4 nitrogen and oxygen atoms in total. The summed E-state index contributed by atoms with van der Waals surface area (Å²) in [5, 5.41) is 0. The lowest BCUT2D eigenvalue weighted by atomic mass is 10.3. The first-order chi connectivity index (χ1) is 16.5. The van der Waals surface area contributed by atoms with Crippen LogP contribution in [0, 0.1) is 0 Å². The Morgan fingerprint density at radius 3 is 1.59 bits per heavy atom. The van der Waals surface area contributed by atoms with E-state index in [0.717, 1.165) is 5.75 Å². The SMILES string of the molecule is C=C/C=C(\C=C)Oc1ccc(S(=O)(=O)c2ccccc2)cc1.CC.CC.COc1ccccc1. The zero-order valence-corrected chi connectivity index (χ0v) is 21.6. The quantitative estimate of drug-likeness (QED) is 0.255. The number of benzene rings is 3. The fourth-order valence-corrected chi connectivity index (χ4v) is 3.66. The normalized spacial score (nSPS) is 9.97. The molecule has 0 unspecified atom stereocenters. The van der Waals surface area contributed by atoms with E-state index in [1.54, 1.807) is 67.8 Å². The first-order valence-electron chi connectivity index (χ1n) is 11.1. The summed E-state index contributed by atoms with van der Waals surface area (Å²) in [7, 11) is -1.84. The van der Waals surface area contributed by atoms with E-state index in [-0.39, 0.29) is 9.79 Å². The third kappa shape index (κ3) is 10.4. The fourth-order valence-electron chi connectivity index (χ4n) is 2.38. The molecule has 0 radical (unpaired) electrons. The topological polar surface area (TPSA) is 52.6 Å². The van der Waals surface area contributed by atoms with Gasteiger partial charge in [0.1, 0.15) is 17.3 Å². The Morgan fingerprint density at radius 2 is 1.18 bits per heavy atom. The molecule has 0 amide bonds. The van der Waals surface area contributed by atoms with Crippen LogP contribution in [-0.4, -0.2) is 15.5 Å². The average molecular weight is 481 g/mol. The van der Waals surface area contributed by atoms with Crippen molar-refractivity contribution in [1.82, 2.24) is 0 Å². The van der Waals surface area contributed by atoms with E-state index in [1.807, 2.05) is 58.0 Å². The van der Waals surface area contributed by atoms with Crippen LogP contribution < -0.4 is 9.47 Å². The lowest BCUT2D eigenvalue weighted by Crippen LogP contribution is -2.01. The Kier molecular flexibility index (Phi) is 16.0. The molecule has 0 N–H and O–H groups in total. The van der Waals surface area contributed by atoms with Crippen molar-refractivity contribution in [1.29, 1.82) is 0 Å². The molecule has 0 aromatic heterocycles. The van der Waals surface area contributed by atoms with Crippen molar-refractivity contribution in [2.45, 2.75) is 37.5 Å². The standard InChI is InChI=1S/C18H16O3S.C7H8O.2C2H6/c1-3-8-15(4-2)21-16-11-13-18(14-12-16)22(19,20)17-9-6-5-7-10-17;1-8-7-5-3-2-4-6-7;2*1-2/h3-14H,1-2H2;2-6H,1H3;2*1-2H3/b15-8+;;;. The van der Waals surface area contributed by atoms with Crippen molar-refractivity contribution in [2.24, 2.45) is 0 Å². The van der Waals surface area contributed by atoms with E-state index >= 15 is 0 Å². The van der Waals surface area contributed by atoms with Crippen LogP contribution in [0.25, 0.3) is 0 Å². The molecule has 0 aliphatic heterocycles. The molecule has 0 aliphatic carbocycles. The van der Waals surface area contributed by atoms with Crippen LogP contribution >= 0.6 is 0 Å². The van der Waals surface area contributed by atoms with Crippen LogP contribution in [0.5, 0.6) is 11.5 Å². The summed E-state index contributed by atoms with van der Waals surface area (Å²) in [5.74, 6) is 1.97. The van der Waals surface area contributed by atoms with Crippen molar-refractivity contribution in [3.8, 4) is 11.5 Å². The van der Waals surface area contributed by atoms with E-state index in [2.05, 4.69) is 13.2 Å². The maximum Gasteiger partial charge on any atom is 0.206 e.